The average molecular weight is 372 g/mol. The molecule has 1 N–H and O–H groups in total. The molecule has 0 saturated heterocycles. The Balaban J connectivity index is 1.48. The van der Waals surface area contributed by atoms with E-state index in [0.29, 0.717) is 24.4 Å². The Kier molecular flexibility index (Phi) is 5.90. The van der Waals surface area contributed by atoms with E-state index in [-0.39, 0.29) is 30.7 Å². The summed E-state index contributed by atoms with van der Waals surface area (Å²) in [6, 6.07) is 13.3. The molecule has 0 aliphatic carbocycles. The third-order valence-corrected chi connectivity index (χ3v) is 4.16. The van der Waals surface area contributed by atoms with E-state index in [2.05, 4.69) is 5.32 Å². The molecule has 142 valence electrons. The third kappa shape index (κ3) is 4.55. The number of nitrogens with one attached hydrogen (secondary N) is 1. The Morgan fingerprint density at radius 3 is 2.74 bits per heavy atom. The Hall–Kier alpha value is -3.09. The van der Waals surface area contributed by atoms with Crippen LogP contribution < -0.4 is 19.7 Å². The number of halogens is 1. The molecule has 2 aromatic carbocycles. The highest BCUT2D eigenvalue weighted by Crippen LogP contribution is 2.33. The number of anilines is 1. The van der Waals surface area contributed by atoms with Crippen molar-refractivity contribution in [3.8, 4) is 11.5 Å². The third-order valence-electron chi connectivity index (χ3n) is 4.16. The van der Waals surface area contributed by atoms with E-state index in [9.17, 15) is 14.0 Å². The molecule has 27 heavy (non-hydrogen) atoms. The van der Waals surface area contributed by atoms with Crippen LogP contribution in [0, 0.1) is 5.82 Å². The van der Waals surface area contributed by atoms with Gasteiger partial charge >= 0.3 is 0 Å². The Labute approximate surface area is 156 Å². The lowest BCUT2D eigenvalue weighted by atomic mass is 10.1. The van der Waals surface area contributed by atoms with Gasteiger partial charge in [0.25, 0.3) is 5.91 Å². The normalized spacial score (nSPS) is 15.5. The van der Waals surface area contributed by atoms with Gasteiger partial charge in [0.1, 0.15) is 5.75 Å². The quantitative estimate of drug-likeness (QED) is 0.792. The van der Waals surface area contributed by atoms with Gasteiger partial charge in [-0.05, 0) is 30.7 Å². The van der Waals surface area contributed by atoms with Crippen molar-refractivity contribution in [1.29, 1.82) is 0 Å². The summed E-state index contributed by atoms with van der Waals surface area (Å²) in [5, 5.41) is 2.77. The molecule has 2 amide bonds. The average Bonchev–Trinajstić information content (AvgIpc) is 2.67. The van der Waals surface area contributed by atoms with Crippen LogP contribution in [0.15, 0.2) is 48.5 Å². The molecule has 0 spiro atoms. The van der Waals surface area contributed by atoms with Crippen molar-refractivity contribution in [2.24, 2.45) is 0 Å². The second-order valence-electron chi connectivity index (χ2n) is 6.13. The van der Waals surface area contributed by atoms with Crippen molar-refractivity contribution in [1.82, 2.24) is 5.32 Å². The number of hydrogen-bond donors (Lipinski definition) is 1. The van der Waals surface area contributed by atoms with Gasteiger partial charge in [-0.3, -0.25) is 9.59 Å². The van der Waals surface area contributed by atoms with Crippen LogP contribution in [0.5, 0.6) is 11.5 Å². The van der Waals surface area contributed by atoms with Crippen LogP contribution >= 0.6 is 0 Å². The summed E-state index contributed by atoms with van der Waals surface area (Å²) in [5.74, 6) is -0.182. The largest absolute Gasteiger partial charge is 0.490 e. The number of benzene rings is 2. The first-order chi connectivity index (χ1) is 13.1. The van der Waals surface area contributed by atoms with E-state index >= 15 is 0 Å². The lowest BCUT2D eigenvalue weighted by Gasteiger charge is -2.33. The van der Waals surface area contributed by atoms with Crippen molar-refractivity contribution in [3.63, 3.8) is 0 Å². The number of nitrogens with zero attached hydrogens (tertiary/aromatic N) is 1. The molecule has 0 fully saturated rings. The predicted molar refractivity (Wildman–Crippen MR) is 98.4 cm³/mol. The topological polar surface area (TPSA) is 67.9 Å². The number of amides is 2. The van der Waals surface area contributed by atoms with Crippen molar-refractivity contribution < 1.29 is 23.5 Å². The highest BCUT2D eigenvalue weighted by atomic mass is 19.1. The standard InChI is InChI=1S/C20H21FN2O4/c1-14(24)23-13-19(27-18-10-5-3-8-16(18)23)20(25)22-11-6-12-26-17-9-4-2-7-15(17)21/h2-5,7-10,19H,6,11-13H2,1H3,(H,22,25). The number of carbonyl (C=O) groups excluding carboxylic acids is 2. The zero-order valence-electron chi connectivity index (χ0n) is 15.0. The smallest absolute Gasteiger partial charge is 0.262 e. The Bertz CT molecular complexity index is 827. The van der Waals surface area contributed by atoms with Crippen molar-refractivity contribution in [2.75, 3.05) is 24.6 Å². The maximum Gasteiger partial charge on any atom is 0.262 e. The first kappa shape index (κ1) is 18.7. The minimum Gasteiger partial charge on any atom is -0.490 e. The molecule has 0 radical (unpaired) electrons. The summed E-state index contributed by atoms with van der Waals surface area (Å²) >= 11 is 0. The number of hydrogen-bond acceptors (Lipinski definition) is 4. The number of fused-ring (bicyclic) bond motifs is 1. The molecule has 0 bridgehead atoms. The van der Waals surface area contributed by atoms with E-state index in [1.54, 1.807) is 36.4 Å². The summed E-state index contributed by atoms with van der Waals surface area (Å²) in [5.41, 5.74) is 0.660. The summed E-state index contributed by atoms with van der Waals surface area (Å²) in [7, 11) is 0. The zero-order valence-corrected chi connectivity index (χ0v) is 15.0. The van der Waals surface area contributed by atoms with E-state index in [4.69, 9.17) is 9.47 Å². The van der Waals surface area contributed by atoms with Gasteiger partial charge in [0.05, 0.1) is 18.8 Å². The maximum absolute atomic E-state index is 13.4. The highest BCUT2D eigenvalue weighted by Gasteiger charge is 2.32. The van der Waals surface area contributed by atoms with Crippen LogP contribution in [0.4, 0.5) is 10.1 Å². The molecule has 3 rings (SSSR count). The molecule has 1 heterocycles. The SMILES string of the molecule is CC(=O)N1CC(C(=O)NCCCOc2ccccc2F)Oc2ccccc21. The molecule has 1 aliphatic rings. The molecular formula is C20H21FN2O4. The van der Waals surface area contributed by atoms with Crippen LogP contribution in [0.25, 0.3) is 0 Å². The van der Waals surface area contributed by atoms with Crippen molar-refractivity contribution in [2.45, 2.75) is 19.4 Å². The first-order valence-corrected chi connectivity index (χ1v) is 8.75. The highest BCUT2D eigenvalue weighted by molar-refractivity contribution is 5.95. The molecule has 7 heteroatoms. The molecule has 6 nitrogen and oxygen atoms in total. The second-order valence-corrected chi connectivity index (χ2v) is 6.13. The van der Waals surface area contributed by atoms with Gasteiger partial charge < -0.3 is 19.7 Å². The molecule has 2 aromatic rings. The van der Waals surface area contributed by atoms with Crippen LogP contribution in [0.2, 0.25) is 0 Å². The Morgan fingerprint density at radius 2 is 1.96 bits per heavy atom. The van der Waals surface area contributed by atoms with Crippen LogP contribution in [-0.2, 0) is 9.59 Å². The molecule has 0 saturated carbocycles. The minimum absolute atomic E-state index is 0.151. The number of ether oxygens (including phenoxy) is 2. The van der Waals surface area contributed by atoms with Gasteiger partial charge in [0.2, 0.25) is 5.91 Å². The molecule has 0 aromatic heterocycles. The van der Waals surface area contributed by atoms with E-state index in [1.807, 2.05) is 6.07 Å². The lowest BCUT2D eigenvalue weighted by molar-refractivity contribution is -0.128. The van der Waals surface area contributed by atoms with Gasteiger partial charge in [-0.2, -0.15) is 0 Å². The summed E-state index contributed by atoms with van der Waals surface area (Å²) < 4.78 is 24.5. The zero-order chi connectivity index (χ0) is 19.2. The fourth-order valence-corrected chi connectivity index (χ4v) is 2.81. The Morgan fingerprint density at radius 1 is 1.22 bits per heavy atom. The van der Waals surface area contributed by atoms with Crippen molar-refractivity contribution >= 4 is 17.5 Å². The van der Waals surface area contributed by atoms with Gasteiger partial charge in [-0.15, -0.1) is 0 Å². The fourth-order valence-electron chi connectivity index (χ4n) is 2.81. The van der Waals surface area contributed by atoms with Gasteiger partial charge in [0, 0.05) is 13.5 Å². The maximum atomic E-state index is 13.4. The summed E-state index contributed by atoms with van der Waals surface area (Å²) in [4.78, 5) is 25.8. The molecule has 1 atom stereocenters. The summed E-state index contributed by atoms with van der Waals surface area (Å²) in [6.45, 7) is 2.24. The van der Waals surface area contributed by atoms with Gasteiger partial charge in [-0.1, -0.05) is 24.3 Å². The van der Waals surface area contributed by atoms with E-state index in [1.165, 1.54) is 17.9 Å². The monoisotopic (exact) mass is 372 g/mol. The predicted octanol–water partition coefficient (Wildman–Crippen LogP) is 2.52. The second kappa shape index (κ2) is 8.53. The van der Waals surface area contributed by atoms with Crippen molar-refractivity contribution in [3.05, 3.63) is 54.3 Å². The fraction of sp³-hybridized carbons (Fsp3) is 0.300. The number of para-hydroxylation sites is 3. The molecular weight excluding hydrogens is 351 g/mol. The first-order valence-electron chi connectivity index (χ1n) is 8.75. The van der Waals surface area contributed by atoms with E-state index < -0.39 is 11.9 Å². The number of rotatable bonds is 6. The summed E-state index contributed by atoms with van der Waals surface area (Å²) in [6.07, 6.45) is -0.268. The van der Waals surface area contributed by atoms with Crippen LogP contribution in [0.3, 0.4) is 0 Å². The number of carbonyl (C=O) groups is 2. The van der Waals surface area contributed by atoms with Crippen LogP contribution in [0.1, 0.15) is 13.3 Å². The van der Waals surface area contributed by atoms with Gasteiger partial charge in [0.15, 0.2) is 17.7 Å². The molecule has 1 aliphatic heterocycles. The van der Waals surface area contributed by atoms with E-state index in [0.717, 1.165) is 0 Å². The molecule has 1 unspecified atom stereocenters. The van der Waals surface area contributed by atoms with Gasteiger partial charge in [-0.25, -0.2) is 4.39 Å². The van der Waals surface area contributed by atoms with Crippen LogP contribution in [-0.4, -0.2) is 37.6 Å². The lowest BCUT2D eigenvalue weighted by Crippen LogP contribution is -2.50. The minimum atomic E-state index is -0.781.